The average Bonchev–Trinajstić information content (AvgIpc) is 3.74. The van der Waals surface area contributed by atoms with Gasteiger partial charge in [-0.25, -0.2) is 16.2 Å². The molecule has 5 atom stereocenters. The fourth-order valence-corrected chi connectivity index (χ4v) is 10.00. The number of aromatic nitrogens is 4. The lowest BCUT2D eigenvalue weighted by Gasteiger charge is -2.47. The Labute approximate surface area is 357 Å². The van der Waals surface area contributed by atoms with Gasteiger partial charge in [-0.2, -0.15) is 4.98 Å². The Morgan fingerprint density at radius 1 is 1.00 bits per heavy atom. The molecule has 0 radical (unpaired) electrons. The highest BCUT2D eigenvalue weighted by Crippen LogP contribution is 2.52. The molecule has 322 valence electrons. The van der Waals surface area contributed by atoms with Crippen molar-refractivity contribution in [2.45, 2.75) is 89.6 Å². The first-order valence-electron chi connectivity index (χ1n) is 20.7. The van der Waals surface area contributed by atoms with Gasteiger partial charge in [0, 0.05) is 24.4 Å². The molecule has 15 nitrogen and oxygen atoms in total. The SMILES string of the molecule is [C-]#[N+]CCOP(OC[C@@]12CCO[C@@H]([C@H](n3cnc4c(=O)[nH]c(NC(=O)C(C)C)nc43)O1)[C@@H]2NC(c1ccccc1)(c1ccccc1)c1ccc(OC)cc1)N(C(C)C)C(C)C. The summed E-state index contributed by atoms with van der Waals surface area (Å²) in [6.45, 7) is 20.2. The first-order valence-corrected chi connectivity index (χ1v) is 21.8. The topological polar surface area (TPSA) is 158 Å². The van der Waals surface area contributed by atoms with Gasteiger partial charge in [-0.3, -0.25) is 29.8 Å². The highest BCUT2D eigenvalue weighted by Gasteiger charge is 2.62. The quantitative estimate of drug-likeness (QED) is 0.0360. The molecule has 0 aliphatic carbocycles. The number of carbonyl (C=O) groups excluding carboxylic acids is 1. The molecule has 2 aromatic heterocycles. The van der Waals surface area contributed by atoms with Gasteiger partial charge in [-0.05, 0) is 56.5 Å². The molecule has 3 aromatic carbocycles. The summed E-state index contributed by atoms with van der Waals surface area (Å²) in [5, 5.41) is 6.90. The van der Waals surface area contributed by atoms with E-state index < -0.39 is 43.6 Å². The van der Waals surface area contributed by atoms with Crippen LogP contribution in [0.1, 0.15) is 70.9 Å². The number of nitrogens with zero attached hydrogens (tertiary/aromatic N) is 5. The molecular formula is C45H55N8O7P. The monoisotopic (exact) mass is 850 g/mol. The summed E-state index contributed by atoms with van der Waals surface area (Å²) in [4.78, 5) is 41.5. The van der Waals surface area contributed by atoms with Crippen LogP contribution in [-0.4, -0.2) is 93.4 Å². The molecule has 2 fully saturated rings. The van der Waals surface area contributed by atoms with Crippen LogP contribution in [0.2, 0.25) is 0 Å². The van der Waals surface area contributed by atoms with Crippen molar-refractivity contribution in [3.05, 3.63) is 130 Å². The molecular weight excluding hydrogens is 796 g/mol. The van der Waals surface area contributed by atoms with E-state index in [1.165, 1.54) is 6.33 Å². The van der Waals surface area contributed by atoms with Gasteiger partial charge in [-0.15, -0.1) is 0 Å². The number of nitrogens with one attached hydrogen (secondary N) is 3. The molecule has 5 aromatic rings. The van der Waals surface area contributed by atoms with E-state index in [0.717, 1.165) is 22.4 Å². The predicted molar refractivity (Wildman–Crippen MR) is 234 cm³/mol. The van der Waals surface area contributed by atoms with E-state index in [0.29, 0.717) is 13.0 Å². The van der Waals surface area contributed by atoms with Gasteiger partial charge in [0.05, 0.1) is 38.2 Å². The minimum absolute atomic E-state index is 0.00361. The van der Waals surface area contributed by atoms with E-state index in [-0.39, 0.29) is 60.8 Å². The van der Waals surface area contributed by atoms with Gasteiger partial charge in [0.1, 0.15) is 24.1 Å². The van der Waals surface area contributed by atoms with Crippen LogP contribution in [-0.2, 0) is 28.9 Å². The van der Waals surface area contributed by atoms with E-state index in [4.69, 9.17) is 34.8 Å². The molecule has 61 heavy (non-hydrogen) atoms. The molecule has 16 heteroatoms. The molecule has 2 aliphatic rings. The highest BCUT2D eigenvalue weighted by atomic mass is 31.2. The molecule has 0 saturated carbocycles. The minimum atomic E-state index is -1.65. The van der Waals surface area contributed by atoms with Crippen LogP contribution in [0.5, 0.6) is 5.75 Å². The predicted octanol–water partition coefficient (Wildman–Crippen LogP) is 7.03. The maximum Gasteiger partial charge on any atom is 0.280 e. The van der Waals surface area contributed by atoms with Crippen molar-refractivity contribution in [1.82, 2.24) is 29.5 Å². The summed E-state index contributed by atoms with van der Waals surface area (Å²) in [6, 6.07) is 28.2. The second-order valence-corrected chi connectivity index (χ2v) is 17.6. The number of amides is 1. The first kappa shape index (κ1) is 44.0. The molecule has 4 heterocycles. The number of benzene rings is 3. The third-order valence-corrected chi connectivity index (χ3v) is 13.3. The Morgan fingerprint density at radius 2 is 1.64 bits per heavy atom. The molecule has 1 amide bonds. The van der Waals surface area contributed by atoms with Crippen LogP contribution < -0.4 is 20.9 Å². The van der Waals surface area contributed by atoms with Crippen molar-refractivity contribution in [2.75, 3.05) is 38.8 Å². The normalized spacial score (nSPS) is 20.7. The summed E-state index contributed by atoms with van der Waals surface area (Å²) < 4.78 is 37.0. The smallest absolute Gasteiger partial charge is 0.280 e. The number of methoxy groups -OCH3 is 1. The van der Waals surface area contributed by atoms with E-state index >= 15 is 0 Å². The lowest BCUT2D eigenvalue weighted by atomic mass is 9.74. The van der Waals surface area contributed by atoms with Crippen molar-refractivity contribution in [2.24, 2.45) is 5.92 Å². The van der Waals surface area contributed by atoms with Crippen molar-refractivity contribution in [1.29, 1.82) is 0 Å². The van der Waals surface area contributed by atoms with Gasteiger partial charge >= 0.3 is 0 Å². The number of ether oxygens (including phenoxy) is 3. The van der Waals surface area contributed by atoms with Crippen molar-refractivity contribution < 1.29 is 28.1 Å². The van der Waals surface area contributed by atoms with E-state index in [9.17, 15) is 9.59 Å². The van der Waals surface area contributed by atoms with Crippen molar-refractivity contribution in [3.63, 3.8) is 0 Å². The second kappa shape index (κ2) is 18.9. The molecule has 7 rings (SSSR count). The van der Waals surface area contributed by atoms with Gasteiger partial charge in [0.2, 0.25) is 18.4 Å². The second-order valence-electron chi connectivity index (χ2n) is 16.2. The summed E-state index contributed by atoms with van der Waals surface area (Å²) in [7, 11) is 0.00191. The van der Waals surface area contributed by atoms with Crippen LogP contribution in [0.3, 0.4) is 0 Å². The molecule has 2 bridgehead atoms. The average molecular weight is 851 g/mol. The molecule has 2 saturated heterocycles. The number of anilines is 1. The lowest BCUT2D eigenvalue weighted by Crippen LogP contribution is -2.64. The molecule has 3 N–H and O–H groups in total. The van der Waals surface area contributed by atoms with E-state index in [1.807, 2.05) is 48.5 Å². The zero-order chi connectivity index (χ0) is 43.3. The number of hydrogen-bond donors (Lipinski definition) is 3. The Balaban J connectivity index is 1.40. The summed E-state index contributed by atoms with van der Waals surface area (Å²) in [6.07, 6.45) is 0.448. The minimum Gasteiger partial charge on any atom is -0.497 e. The Bertz CT molecular complexity index is 2300. The molecule has 1 unspecified atom stereocenters. The number of aromatic amines is 1. The number of rotatable bonds is 18. The Hall–Kier alpha value is -5.04. The summed E-state index contributed by atoms with van der Waals surface area (Å²) >= 11 is 0. The van der Waals surface area contributed by atoms with Gasteiger partial charge in [-0.1, -0.05) is 86.6 Å². The summed E-state index contributed by atoms with van der Waals surface area (Å²) in [5.74, 6) is 0.0810. The van der Waals surface area contributed by atoms with Crippen LogP contribution in [0.25, 0.3) is 16.0 Å². The fraction of sp³-hybridized carbons (Fsp3) is 0.444. The third kappa shape index (κ3) is 8.85. The maximum absolute atomic E-state index is 13.4. The maximum atomic E-state index is 13.4. The third-order valence-electron chi connectivity index (χ3n) is 11.2. The molecule has 0 spiro atoms. The zero-order valence-corrected chi connectivity index (χ0v) is 36.6. The summed E-state index contributed by atoms with van der Waals surface area (Å²) in [5.41, 5.74) is 0.690. The Morgan fingerprint density at radius 3 is 2.23 bits per heavy atom. The van der Waals surface area contributed by atoms with E-state index in [1.54, 1.807) is 25.5 Å². The van der Waals surface area contributed by atoms with E-state index in [2.05, 4.69) is 94.2 Å². The van der Waals surface area contributed by atoms with Gasteiger partial charge < -0.3 is 28.1 Å². The molecule has 2 aliphatic heterocycles. The van der Waals surface area contributed by atoms with Crippen LogP contribution in [0.15, 0.2) is 96.1 Å². The fourth-order valence-electron chi connectivity index (χ4n) is 8.34. The Kier molecular flexibility index (Phi) is 13.7. The number of fused-ring (bicyclic) bond motifs is 3. The van der Waals surface area contributed by atoms with Gasteiger partial charge in [0.15, 0.2) is 17.4 Å². The number of hydrogen-bond acceptors (Lipinski definition) is 11. The lowest BCUT2D eigenvalue weighted by molar-refractivity contribution is -0.118. The standard InChI is InChI=1S/C45H55N8O7P/c1-29(2)40(54)49-43-48-39-36(41(55)50-43)47-28-52(39)42-37-38(44(60-42,23-25-57-37)27-59-61(58-26-24-46-7)53(30(3)4)31(5)6)51-45(32-15-11-9-12-16-32,33-17-13-10-14-18-33)34-19-21-35(56-8)22-20-34/h9-22,28-31,37-38,42,51H,23-27H2,1-6,8H3,(H2,48,49,50,54,55)/t37-,38+,42-,44-,61?/m1/s1. The van der Waals surface area contributed by atoms with Crippen LogP contribution in [0, 0.1) is 12.5 Å². The van der Waals surface area contributed by atoms with Crippen molar-refractivity contribution >= 4 is 31.5 Å². The van der Waals surface area contributed by atoms with Crippen LogP contribution >= 0.6 is 8.53 Å². The van der Waals surface area contributed by atoms with Crippen LogP contribution in [0.4, 0.5) is 5.95 Å². The van der Waals surface area contributed by atoms with Crippen molar-refractivity contribution in [3.8, 4) is 5.75 Å². The highest BCUT2D eigenvalue weighted by molar-refractivity contribution is 7.44. The number of H-pyrrole nitrogens is 1. The number of carbonyl (C=O) groups is 1. The zero-order valence-electron chi connectivity index (χ0n) is 35.7. The largest absolute Gasteiger partial charge is 0.497 e. The number of imidazole rings is 1. The van der Waals surface area contributed by atoms with Gasteiger partial charge in [0.25, 0.3) is 14.1 Å². The first-order chi connectivity index (χ1) is 29.4.